The molecule has 2 aromatic rings. The van der Waals surface area contributed by atoms with Gasteiger partial charge in [0.15, 0.2) is 0 Å². The van der Waals surface area contributed by atoms with Crippen molar-refractivity contribution in [3.63, 3.8) is 0 Å². The Kier molecular flexibility index (Phi) is 4.41. The lowest BCUT2D eigenvalue weighted by molar-refractivity contribution is -0.134. The highest BCUT2D eigenvalue weighted by Crippen LogP contribution is 2.40. The predicted octanol–water partition coefficient (Wildman–Crippen LogP) is 2.80. The van der Waals surface area contributed by atoms with Crippen LogP contribution in [-0.4, -0.2) is 51.2 Å². The molecule has 0 spiro atoms. The highest BCUT2D eigenvalue weighted by Gasteiger charge is 2.41. The zero-order valence-corrected chi connectivity index (χ0v) is 16.0. The fraction of sp³-hybridized carbons (Fsp3) is 0.500. The molecule has 1 saturated heterocycles. The highest BCUT2D eigenvalue weighted by atomic mass is 16.2. The molecule has 2 fully saturated rings. The zero-order valence-electron chi connectivity index (χ0n) is 16.0. The summed E-state index contributed by atoms with van der Waals surface area (Å²) in [5.74, 6) is 1.02. The van der Waals surface area contributed by atoms with E-state index < -0.39 is 0 Å². The van der Waals surface area contributed by atoms with E-state index in [0.29, 0.717) is 18.4 Å². The molecule has 6 nitrogen and oxygen atoms in total. The van der Waals surface area contributed by atoms with Gasteiger partial charge < -0.3 is 14.8 Å². The molecule has 0 bridgehead atoms. The third-order valence-corrected chi connectivity index (χ3v) is 6.48. The molecule has 1 aromatic carbocycles. The fourth-order valence-corrected chi connectivity index (χ4v) is 4.78. The van der Waals surface area contributed by atoms with Crippen LogP contribution in [0.25, 0.3) is 0 Å². The highest BCUT2D eigenvalue weighted by molar-refractivity contribution is 5.94. The van der Waals surface area contributed by atoms with Crippen LogP contribution in [0, 0.1) is 11.8 Å². The monoisotopic (exact) mass is 378 g/mol. The first-order valence-corrected chi connectivity index (χ1v) is 10.4. The molecule has 1 aliphatic carbocycles. The van der Waals surface area contributed by atoms with Gasteiger partial charge in [-0.3, -0.25) is 9.59 Å². The molecule has 3 aliphatic rings. The van der Waals surface area contributed by atoms with E-state index in [9.17, 15) is 9.59 Å². The van der Waals surface area contributed by atoms with E-state index in [0.717, 1.165) is 62.1 Å². The van der Waals surface area contributed by atoms with Crippen LogP contribution in [0.5, 0.6) is 0 Å². The maximum atomic E-state index is 13.3. The second-order valence-corrected chi connectivity index (χ2v) is 8.26. The Labute approximate surface area is 164 Å². The molecule has 0 radical (unpaired) electrons. The van der Waals surface area contributed by atoms with Crippen molar-refractivity contribution in [2.24, 2.45) is 11.8 Å². The largest absolute Gasteiger partial charge is 0.348 e. The molecule has 5 rings (SSSR count). The van der Waals surface area contributed by atoms with E-state index in [1.54, 1.807) is 6.33 Å². The molecule has 2 aliphatic heterocycles. The SMILES string of the molecule is O=C(C1CC1)N1CCC(C2c3nc[nH]c3CCN2C(=O)c2ccccc2)CC1. The summed E-state index contributed by atoms with van der Waals surface area (Å²) in [4.78, 5) is 37.6. The summed E-state index contributed by atoms with van der Waals surface area (Å²) in [6, 6.07) is 9.51. The maximum absolute atomic E-state index is 13.3. The lowest BCUT2D eigenvalue weighted by Crippen LogP contribution is -2.47. The lowest BCUT2D eigenvalue weighted by Gasteiger charge is -2.43. The van der Waals surface area contributed by atoms with Gasteiger partial charge >= 0.3 is 0 Å². The average Bonchev–Trinajstić information content (AvgIpc) is 3.49. The number of aromatic amines is 1. The summed E-state index contributed by atoms with van der Waals surface area (Å²) in [6.07, 6.45) is 6.51. The Hall–Kier alpha value is -2.63. The standard InChI is InChI=1S/C22H26N4O2/c27-21(17-6-7-17)25-11-8-15(9-12-25)20-19-18(23-14-24-19)10-13-26(20)22(28)16-4-2-1-3-5-16/h1-5,14-15,17,20H,6-13H2,(H,23,24). The number of nitrogens with one attached hydrogen (secondary N) is 1. The molecular formula is C22H26N4O2. The van der Waals surface area contributed by atoms with Crippen molar-refractivity contribution in [2.75, 3.05) is 19.6 Å². The first-order valence-electron chi connectivity index (χ1n) is 10.4. The Morgan fingerprint density at radius 3 is 2.46 bits per heavy atom. The number of likely N-dealkylation sites (tertiary alicyclic amines) is 1. The van der Waals surface area contributed by atoms with Crippen LogP contribution in [0.3, 0.4) is 0 Å². The lowest BCUT2D eigenvalue weighted by atomic mass is 9.83. The van der Waals surface area contributed by atoms with Gasteiger partial charge in [-0.15, -0.1) is 0 Å². The first kappa shape index (κ1) is 17.5. The Morgan fingerprint density at radius 2 is 1.75 bits per heavy atom. The summed E-state index contributed by atoms with van der Waals surface area (Å²) < 4.78 is 0. The van der Waals surface area contributed by atoms with Crippen LogP contribution in [0.2, 0.25) is 0 Å². The second kappa shape index (κ2) is 7.08. The van der Waals surface area contributed by atoms with Crippen LogP contribution in [-0.2, 0) is 11.2 Å². The topological polar surface area (TPSA) is 69.3 Å². The number of nitrogens with zero attached hydrogens (tertiary/aromatic N) is 3. The van der Waals surface area contributed by atoms with Gasteiger partial charge in [-0.05, 0) is 43.7 Å². The van der Waals surface area contributed by atoms with Gasteiger partial charge in [0.05, 0.1) is 18.1 Å². The van der Waals surface area contributed by atoms with Gasteiger partial charge in [-0.2, -0.15) is 0 Å². The molecule has 1 atom stereocenters. The Morgan fingerprint density at radius 1 is 1.00 bits per heavy atom. The van der Waals surface area contributed by atoms with E-state index in [4.69, 9.17) is 0 Å². The predicted molar refractivity (Wildman–Crippen MR) is 105 cm³/mol. The number of benzene rings is 1. The minimum atomic E-state index is -0.0131. The number of H-pyrrole nitrogens is 1. The number of carbonyl (C=O) groups excluding carboxylic acids is 2. The van der Waals surface area contributed by atoms with Crippen molar-refractivity contribution in [2.45, 2.75) is 38.1 Å². The molecule has 6 heteroatoms. The van der Waals surface area contributed by atoms with E-state index in [2.05, 4.69) is 9.97 Å². The number of imidazole rings is 1. The molecule has 2 amide bonds. The number of aromatic nitrogens is 2. The molecule has 1 aromatic heterocycles. The van der Waals surface area contributed by atoms with E-state index in [1.807, 2.05) is 40.1 Å². The maximum Gasteiger partial charge on any atom is 0.254 e. The fourth-order valence-electron chi connectivity index (χ4n) is 4.78. The molecule has 3 heterocycles. The van der Waals surface area contributed by atoms with Crippen LogP contribution in [0.1, 0.15) is 53.5 Å². The summed E-state index contributed by atoms with van der Waals surface area (Å²) >= 11 is 0. The van der Waals surface area contributed by atoms with Gasteiger partial charge in [0.2, 0.25) is 5.91 Å². The van der Waals surface area contributed by atoms with Crippen molar-refractivity contribution in [1.82, 2.24) is 19.8 Å². The Balaban J connectivity index is 1.38. The van der Waals surface area contributed by atoms with E-state index in [1.165, 1.54) is 0 Å². The molecule has 1 saturated carbocycles. The smallest absolute Gasteiger partial charge is 0.254 e. The minimum absolute atomic E-state index is 0.0131. The average molecular weight is 378 g/mol. The van der Waals surface area contributed by atoms with E-state index >= 15 is 0 Å². The van der Waals surface area contributed by atoms with Gasteiger partial charge in [-0.25, -0.2) is 4.98 Å². The quantitative estimate of drug-likeness (QED) is 0.893. The van der Waals surface area contributed by atoms with Crippen molar-refractivity contribution in [3.8, 4) is 0 Å². The van der Waals surface area contributed by atoms with E-state index in [-0.39, 0.29) is 17.9 Å². The normalized spacial score (nSPS) is 22.8. The number of piperidine rings is 1. The van der Waals surface area contributed by atoms with Crippen LogP contribution in [0.15, 0.2) is 36.7 Å². The Bertz CT molecular complexity index is 866. The summed E-state index contributed by atoms with van der Waals surface area (Å²) in [7, 11) is 0. The number of rotatable bonds is 3. The van der Waals surface area contributed by atoms with Gasteiger partial charge in [0, 0.05) is 43.2 Å². The van der Waals surface area contributed by atoms with Crippen LogP contribution >= 0.6 is 0 Å². The molecule has 1 unspecified atom stereocenters. The van der Waals surface area contributed by atoms with Crippen molar-refractivity contribution < 1.29 is 9.59 Å². The molecule has 1 N–H and O–H groups in total. The summed E-state index contributed by atoms with van der Waals surface area (Å²) in [5, 5.41) is 0. The van der Waals surface area contributed by atoms with Crippen LogP contribution < -0.4 is 0 Å². The van der Waals surface area contributed by atoms with Crippen molar-refractivity contribution >= 4 is 11.8 Å². The summed E-state index contributed by atoms with van der Waals surface area (Å²) in [6.45, 7) is 2.29. The second-order valence-electron chi connectivity index (χ2n) is 8.26. The molecule has 146 valence electrons. The number of amides is 2. The number of fused-ring (bicyclic) bond motifs is 1. The summed E-state index contributed by atoms with van der Waals surface area (Å²) in [5.41, 5.74) is 2.90. The number of hydrogen-bond donors (Lipinski definition) is 1. The van der Waals surface area contributed by atoms with Crippen LogP contribution in [0.4, 0.5) is 0 Å². The third kappa shape index (κ3) is 3.11. The molecule has 28 heavy (non-hydrogen) atoms. The van der Waals surface area contributed by atoms with Gasteiger partial charge in [0.1, 0.15) is 0 Å². The molecular weight excluding hydrogens is 352 g/mol. The minimum Gasteiger partial charge on any atom is -0.348 e. The zero-order chi connectivity index (χ0) is 19.1. The number of carbonyl (C=O) groups is 2. The first-order chi connectivity index (χ1) is 13.7. The van der Waals surface area contributed by atoms with Crippen molar-refractivity contribution in [3.05, 3.63) is 53.6 Å². The third-order valence-electron chi connectivity index (χ3n) is 6.48. The number of hydrogen-bond acceptors (Lipinski definition) is 3. The van der Waals surface area contributed by atoms with Gasteiger partial charge in [-0.1, -0.05) is 18.2 Å². The van der Waals surface area contributed by atoms with Crippen molar-refractivity contribution in [1.29, 1.82) is 0 Å². The van der Waals surface area contributed by atoms with Gasteiger partial charge in [0.25, 0.3) is 5.91 Å².